The average molecular weight is 404 g/mol. The summed E-state index contributed by atoms with van der Waals surface area (Å²) in [5.41, 5.74) is 3.08. The topological polar surface area (TPSA) is 58.1 Å². The van der Waals surface area contributed by atoms with Gasteiger partial charge in [0.2, 0.25) is 5.91 Å². The van der Waals surface area contributed by atoms with Crippen LogP contribution in [-0.4, -0.2) is 41.7 Å². The van der Waals surface area contributed by atoms with Crippen molar-refractivity contribution >= 4 is 11.7 Å². The van der Waals surface area contributed by atoms with E-state index < -0.39 is 24.5 Å². The molecule has 0 radical (unpaired) electrons. The first-order valence-electron chi connectivity index (χ1n) is 9.95. The Bertz CT molecular complexity index is 885. The Hall–Kier alpha value is -2.64. The highest BCUT2D eigenvalue weighted by atomic mass is 19.4. The zero-order chi connectivity index (χ0) is 20.4. The minimum absolute atomic E-state index is 0.376. The fourth-order valence-electron chi connectivity index (χ4n) is 4.11. The number of nitrogens with one attached hydrogen (secondary N) is 1. The molecule has 29 heavy (non-hydrogen) atoms. The lowest BCUT2D eigenvalue weighted by molar-refractivity contribution is -0.140. The predicted octanol–water partition coefficient (Wildman–Crippen LogP) is 3.53. The zero-order valence-corrected chi connectivity index (χ0v) is 16.0. The van der Waals surface area contributed by atoms with Gasteiger partial charge in [-0.05, 0) is 32.1 Å². The first kappa shape index (κ1) is 19.7. The molecule has 0 spiro atoms. The number of nitrogens with zero attached hydrogens (tertiary/aromatic N) is 3. The van der Waals surface area contributed by atoms with E-state index in [4.69, 9.17) is 9.97 Å². The highest BCUT2D eigenvalue weighted by molar-refractivity contribution is 5.79. The molecule has 1 fully saturated rings. The van der Waals surface area contributed by atoms with E-state index in [0.29, 0.717) is 18.8 Å². The van der Waals surface area contributed by atoms with Crippen LogP contribution in [0.4, 0.5) is 19.0 Å². The molecule has 1 atom stereocenters. The largest absolute Gasteiger partial charge is 0.405 e. The third-order valence-electron chi connectivity index (χ3n) is 5.50. The van der Waals surface area contributed by atoms with Crippen LogP contribution in [0.3, 0.4) is 0 Å². The number of amides is 1. The fourth-order valence-corrected chi connectivity index (χ4v) is 4.11. The van der Waals surface area contributed by atoms with Crippen LogP contribution in [-0.2, 0) is 17.6 Å². The van der Waals surface area contributed by atoms with Gasteiger partial charge in [-0.15, -0.1) is 0 Å². The molecule has 2 aromatic rings. The highest BCUT2D eigenvalue weighted by Gasteiger charge is 2.33. The molecule has 5 nitrogen and oxygen atoms in total. The lowest BCUT2D eigenvalue weighted by Gasteiger charge is -2.34. The van der Waals surface area contributed by atoms with Crippen molar-refractivity contribution in [3.05, 3.63) is 41.6 Å². The van der Waals surface area contributed by atoms with Gasteiger partial charge in [0.15, 0.2) is 5.82 Å². The molecular weight excluding hydrogens is 381 g/mol. The van der Waals surface area contributed by atoms with Gasteiger partial charge in [-0.25, -0.2) is 9.97 Å². The smallest absolute Gasteiger partial charge is 0.355 e. The minimum atomic E-state index is -4.40. The van der Waals surface area contributed by atoms with Crippen molar-refractivity contribution in [2.75, 3.05) is 24.5 Å². The number of rotatable bonds is 4. The van der Waals surface area contributed by atoms with Crippen molar-refractivity contribution in [2.45, 2.75) is 38.3 Å². The SMILES string of the molecule is O=C(NCC(F)(F)F)[C@@H]1CCCN(c2nc(-c3ccccc3)nc3c2CCC3)C1. The van der Waals surface area contributed by atoms with E-state index in [1.54, 1.807) is 0 Å². The van der Waals surface area contributed by atoms with Gasteiger partial charge in [-0.3, -0.25) is 4.79 Å². The number of carbonyl (C=O) groups excluding carboxylic acids is 1. The van der Waals surface area contributed by atoms with Crippen molar-refractivity contribution in [2.24, 2.45) is 5.92 Å². The normalized spacial score (nSPS) is 19.1. The van der Waals surface area contributed by atoms with Gasteiger partial charge >= 0.3 is 6.18 Å². The number of aryl methyl sites for hydroxylation is 1. The van der Waals surface area contributed by atoms with Crippen molar-refractivity contribution in [3.63, 3.8) is 0 Å². The van der Waals surface area contributed by atoms with Gasteiger partial charge in [0.05, 0.1) is 5.92 Å². The number of anilines is 1. The van der Waals surface area contributed by atoms with Crippen LogP contribution < -0.4 is 10.2 Å². The van der Waals surface area contributed by atoms with E-state index in [1.807, 2.05) is 35.6 Å². The molecule has 0 unspecified atom stereocenters. The molecule has 0 saturated carbocycles. The molecule has 1 N–H and O–H groups in total. The summed E-state index contributed by atoms with van der Waals surface area (Å²) in [7, 11) is 0. The Balaban J connectivity index is 1.57. The van der Waals surface area contributed by atoms with Gasteiger partial charge in [0.25, 0.3) is 0 Å². The van der Waals surface area contributed by atoms with Crippen molar-refractivity contribution in [3.8, 4) is 11.4 Å². The Morgan fingerprint density at radius 3 is 2.69 bits per heavy atom. The molecule has 1 saturated heterocycles. The van der Waals surface area contributed by atoms with E-state index in [1.165, 1.54) is 0 Å². The maximum absolute atomic E-state index is 12.4. The molecule has 1 aliphatic heterocycles. The third-order valence-corrected chi connectivity index (χ3v) is 5.50. The van der Waals surface area contributed by atoms with Crippen LogP contribution in [0.2, 0.25) is 0 Å². The highest BCUT2D eigenvalue weighted by Crippen LogP contribution is 2.33. The Labute approximate surface area is 167 Å². The lowest BCUT2D eigenvalue weighted by atomic mass is 9.96. The van der Waals surface area contributed by atoms with E-state index >= 15 is 0 Å². The summed E-state index contributed by atoms with van der Waals surface area (Å²) < 4.78 is 37.3. The minimum Gasteiger partial charge on any atom is -0.355 e. The molecule has 1 aromatic heterocycles. The van der Waals surface area contributed by atoms with Crippen LogP contribution in [0.15, 0.2) is 30.3 Å². The van der Waals surface area contributed by atoms with E-state index in [2.05, 4.69) is 4.90 Å². The van der Waals surface area contributed by atoms with Gasteiger partial charge < -0.3 is 10.2 Å². The van der Waals surface area contributed by atoms with Gasteiger partial charge in [0, 0.05) is 29.9 Å². The van der Waals surface area contributed by atoms with Gasteiger partial charge in [-0.1, -0.05) is 30.3 Å². The molecule has 8 heteroatoms. The molecule has 1 aliphatic carbocycles. The summed E-state index contributed by atoms with van der Waals surface area (Å²) in [6.07, 6.45) is -0.279. The number of carbonyl (C=O) groups is 1. The second-order valence-corrected chi connectivity index (χ2v) is 7.63. The molecule has 0 bridgehead atoms. The number of alkyl halides is 3. The van der Waals surface area contributed by atoms with E-state index in [9.17, 15) is 18.0 Å². The van der Waals surface area contributed by atoms with Crippen LogP contribution in [0.1, 0.15) is 30.5 Å². The van der Waals surface area contributed by atoms with E-state index in [0.717, 1.165) is 54.9 Å². The summed E-state index contributed by atoms with van der Waals surface area (Å²) in [6.45, 7) is -0.175. The van der Waals surface area contributed by atoms with Crippen LogP contribution in [0, 0.1) is 5.92 Å². The molecular formula is C21H23F3N4O. The molecule has 2 aliphatic rings. The van der Waals surface area contributed by atoms with Crippen LogP contribution >= 0.6 is 0 Å². The molecule has 1 amide bonds. The molecule has 1 aromatic carbocycles. The van der Waals surface area contributed by atoms with Gasteiger partial charge in [-0.2, -0.15) is 13.2 Å². The molecule has 4 rings (SSSR count). The second-order valence-electron chi connectivity index (χ2n) is 7.63. The third kappa shape index (κ3) is 4.52. The first-order chi connectivity index (χ1) is 13.9. The Kier molecular flexibility index (Phi) is 5.43. The number of hydrogen-bond donors (Lipinski definition) is 1. The van der Waals surface area contributed by atoms with Crippen LogP contribution in [0.25, 0.3) is 11.4 Å². The average Bonchev–Trinajstić information content (AvgIpc) is 3.20. The number of hydrogen-bond acceptors (Lipinski definition) is 4. The number of benzene rings is 1. The fraction of sp³-hybridized carbons (Fsp3) is 0.476. The van der Waals surface area contributed by atoms with E-state index in [-0.39, 0.29) is 0 Å². The molecule has 154 valence electrons. The quantitative estimate of drug-likeness (QED) is 0.847. The number of piperidine rings is 1. The zero-order valence-electron chi connectivity index (χ0n) is 16.0. The maximum Gasteiger partial charge on any atom is 0.405 e. The Morgan fingerprint density at radius 1 is 1.14 bits per heavy atom. The van der Waals surface area contributed by atoms with Crippen molar-refractivity contribution in [1.29, 1.82) is 0 Å². The monoisotopic (exact) mass is 404 g/mol. The predicted molar refractivity (Wildman–Crippen MR) is 103 cm³/mol. The Morgan fingerprint density at radius 2 is 1.93 bits per heavy atom. The number of aromatic nitrogens is 2. The summed E-state index contributed by atoms with van der Waals surface area (Å²) in [5, 5.41) is 2.03. The molecule has 2 heterocycles. The van der Waals surface area contributed by atoms with Crippen molar-refractivity contribution < 1.29 is 18.0 Å². The lowest BCUT2D eigenvalue weighted by Crippen LogP contribution is -2.45. The van der Waals surface area contributed by atoms with Crippen molar-refractivity contribution in [1.82, 2.24) is 15.3 Å². The van der Waals surface area contributed by atoms with Gasteiger partial charge in [0.1, 0.15) is 12.4 Å². The number of fused-ring (bicyclic) bond motifs is 1. The standard InChI is InChI=1S/C21H23F3N4O/c22-21(23,24)13-25-20(29)15-8-5-11-28(12-15)19-16-9-4-10-17(16)26-18(27-19)14-6-2-1-3-7-14/h1-3,6-7,15H,4-5,8-13H2,(H,25,29)/t15-/m1/s1. The second kappa shape index (κ2) is 8.00. The number of halogens is 3. The maximum atomic E-state index is 12.4. The first-order valence-corrected chi connectivity index (χ1v) is 9.95. The summed E-state index contributed by atoms with van der Waals surface area (Å²) in [6, 6.07) is 9.74. The summed E-state index contributed by atoms with van der Waals surface area (Å²) in [4.78, 5) is 23.9. The summed E-state index contributed by atoms with van der Waals surface area (Å²) >= 11 is 0. The summed E-state index contributed by atoms with van der Waals surface area (Å²) in [5.74, 6) is 0.476. The van der Waals surface area contributed by atoms with Crippen LogP contribution in [0.5, 0.6) is 0 Å².